The molecule has 4 aromatic rings. The van der Waals surface area contributed by atoms with Crippen molar-refractivity contribution in [3.8, 4) is 11.4 Å². The third-order valence-corrected chi connectivity index (χ3v) is 6.16. The third kappa shape index (κ3) is 4.87. The van der Waals surface area contributed by atoms with Gasteiger partial charge in [-0.2, -0.15) is 0 Å². The lowest BCUT2D eigenvalue weighted by atomic mass is 10.2. The second-order valence-corrected chi connectivity index (χ2v) is 8.89. The fraction of sp³-hybridized carbons (Fsp3) is 0.174. The van der Waals surface area contributed by atoms with Crippen LogP contribution >= 0.6 is 23.4 Å². The Morgan fingerprint density at radius 1 is 1.22 bits per heavy atom. The van der Waals surface area contributed by atoms with Crippen molar-refractivity contribution in [2.75, 3.05) is 5.32 Å². The predicted molar refractivity (Wildman–Crippen MR) is 123 cm³/mol. The molecule has 0 saturated heterocycles. The number of halogens is 2. The number of nitrogens with zero attached hydrogens (tertiary/aromatic N) is 3. The number of hydrogen-bond acceptors (Lipinski definition) is 5. The molecule has 2 heterocycles. The SMILES string of the molecule is Cc1occc1-c1nnc(SC(C)C(=O)Nc2ccc(Cl)cc2F)n1Cc1ccccc1. The number of thioether (sulfide) groups is 1. The highest BCUT2D eigenvalue weighted by atomic mass is 35.5. The van der Waals surface area contributed by atoms with Gasteiger partial charge in [-0.3, -0.25) is 9.36 Å². The first kappa shape index (κ1) is 22.1. The van der Waals surface area contributed by atoms with Crippen molar-refractivity contribution in [3.05, 3.63) is 83.0 Å². The molecule has 6 nitrogen and oxygen atoms in total. The number of anilines is 1. The van der Waals surface area contributed by atoms with Crippen molar-refractivity contribution in [2.24, 2.45) is 0 Å². The van der Waals surface area contributed by atoms with Crippen molar-refractivity contribution >= 4 is 35.0 Å². The van der Waals surface area contributed by atoms with Crippen molar-refractivity contribution < 1.29 is 13.6 Å². The van der Waals surface area contributed by atoms with Gasteiger partial charge < -0.3 is 9.73 Å². The van der Waals surface area contributed by atoms with Crippen molar-refractivity contribution in [2.45, 2.75) is 30.8 Å². The number of aryl methyl sites for hydroxylation is 1. The fourth-order valence-corrected chi connectivity index (χ4v) is 4.14. The van der Waals surface area contributed by atoms with Gasteiger partial charge in [0, 0.05) is 5.02 Å². The molecule has 0 saturated carbocycles. The first-order valence-corrected chi connectivity index (χ1v) is 11.1. The van der Waals surface area contributed by atoms with Gasteiger partial charge >= 0.3 is 0 Å². The van der Waals surface area contributed by atoms with Crippen LogP contribution < -0.4 is 5.32 Å². The first-order chi connectivity index (χ1) is 15.4. The summed E-state index contributed by atoms with van der Waals surface area (Å²) in [5.74, 6) is 0.436. The number of benzene rings is 2. The second-order valence-electron chi connectivity index (χ2n) is 7.14. The van der Waals surface area contributed by atoms with Gasteiger partial charge in [-0.25, -0.2) is 4.39 Å². The third-order valence-electron chi connectivity index (χ3n) is 4.84. The summed E-state index contributed by atoms with van der Waals surface area (Å²) in [6, 6.07) is 15.9. The molecule has 1 unspecified atom stereocenters. The molecule has 4 rings (SSSR count). The molecule has 0 aliphatic rings. The number of aromatic nitrogens is 3. The van der Waals surface area contributed by atoms with Gasteiger partial charge in [0.1, 0.15) is 11.6 Å². The summed E-state index contributed by atoms with van der Waals surface area (Å²) in [6.07, 6.45) is 1.61. The van der Waals surface area contributed by atoms with Crippen LogP contribution in [0.1, 0.15) is 18.2 Å². The number of rotatable bonds is 7. The van der Waals surface area contributed by atoms with Crippen LogP contribution in [0.4, 0.5) is 10.1 Å². The van der Waals surface area contributed by atoms with Crippen LogP contribution in [-0.4, -0.2) is 25.9 Å². The zero-order chi connectivity index (χ0) is 22.7. The molecular weight excluding hydrogens is 451 g/mol. The van der Waals surface area contributed by atoms with E-state index in [4.69, 9.17) is 16.0 Å². The fourth-order valence-electron chi connectivity index (χ4n) is 3.14. The van der Waals surface area contributed by atoms with Crippen molar-refractivity contribution in [3.63, 3.8) is 0 Å². The molecule has 0 radical (unpaired) electrons. The monoisotopic (exact) mass is 470 g/mol. The Kier molecular flexibility index (Phi) is 6.62. The summed E-state index contributed by atoms with van der Waals surface area (Å²) in [6.45, 7) is 4.12. The normalized spacial score (nSPS) is 12.0. The lowest BCUT2D eigenvalue weighted by Gasteiger charge is -2.14. The lowest BCUT2D eigenvalue weighted by molar-refractivity contribution is -0.115. The largest absolute Gasteiger partial charge is 0.469 e. The molecule has 1 amide bonds. The van der Waals surface area contributed by atoms with E-state index in [1.54, 1.807) is 13.2 Å². The van der Waals surface area contributed by atoms with E-state index in [-0.39, 0.29) is 16.6 Å². The molecule has 0 fully saturated rings. The van der Waals surface area contributed by atoms with Crippen LogP contribution in [0.2, 0.25) is 5.02 Å². The number of carbonyl (C=O) groups excluding carboxylic acids is 1. The summed E-state index contributed by atoms with van der Waals surface area (Å²) >= 11 is 7.03. The van der Waals surface area contributed by atoms with Crippen LogP contribution in [0.25, 0.3) is 11.4 Å². The zero-order valence-electron chi connectivity index (χ0n) is 17.4. The Hall–Kier alpha value is -3.10. The van der Waals surface area contributed by atoms with E-state index in [1.807, 2.05) is 47.9 Å². The number of hydrogen-bond donors (Lipinski definition) is 1. The Morgan fingerprint density at radius 3 is 2.69 bits per heavy atom. The minimum Gasteiger partial charge on any atom is -0.469 e. The molecule has 1 N–H and O–H groups in total. The number of carbonyl (C=O) groups is 1. The number of nitrogens with one attached hydrogen (secondary N) is 1. The van der Waals surface area contributed by atoms with Crippen LogP contribution in [0.5, 0.6) is 0 Å². The second kappa shape index (κ2) is 9.58. The van der Waals surface area contributed by atoms with Crippen molar-refractivity contribution in [1.29, 1.82) is 0 Å². The highest BCUT2D eigenvalue weighted by molar-refractivity contribution is 8.00. The number of amides is 1. The topological polar surface area (TPSA) is 72.9 Å². The smallest absolute Gasteiger partial charge is 0.237 e. The molecular formula is C23H20ClFN4O2S. The summed E-state index contributed by atoms with van der Waals surface area (Å²) in [5, 5.41) is 11.6. The molecule has 0 aliphatic heterocycles. The maximum Gasteiger partial charge on any atom is 0.237 e. The van der Waals surface area contributed by atoms with Gasteiger partial charge in [-0.15, -0.1) is 10.2 Å². The van der Waals surface area contributed by atoms with Gasteiger partial charge in [0.2, 0.25) is 5.91 Å². The molecule has 164 valence electrons. The summed E-state index contributed by atoms with van der Waals surface area (Å²) in [5.41, 5.74) is 1.98. The van der Waals surface area contributed by atoms with Crippen LogP contribution in [-0.2, 0) is 11.3 Å². The predicted octanol–water partition coefficient (Wildman–Crippen LogP) is 5.81. The minimum atomic E-state index is -0.590. The molecule has 9 heteroatoms. The standard InChI is InChI=1S/C23H20ClFN4O2S/c1-14-18(10-11-31-14)21-27-28-23(29(21)13-16-6-4-3-5-7-16)32-15(2)22(30)26-20-9-8-17(24)12-19(20)25/h3-12,15H,13H2,1-2H3,(H,26,30). The van der Waals surface area contributed by atoms with Crippen LogP contribution in [0, 0.1) is 12.7 Å². The highest BCUT2D eigenvalue weighted by Gasteiger charge is 2.23. The van der Waals surface area contributed by atoms with E-state index in [9.17, 15) is 9.18 Å². The Balaban J connectivity index is 1.59. The van der Waals surface area contributed by atoms with Gasteiger partial charge in [0.25, 0.3) is 0 Å². The van der Waals surface area contributed by atoms with Gasteiger partial charge in [-0.05, 0) is 43.7 Å². The van der Waals surface area contributed by atoms with Crippen LogP contribution in [0.3, 0.4) is 0 Å². The molecule has 32 heavy (non-hydrogen) atoms. The van der Waals surface area contributed by atoms with Gasteiger partial charge in [0.15, 0.2) is 11.0 Å². The maximum atomic E-state index is 14.1. The van der Waals surface area contributed by atoms with E-state index < -0.39 is 11.1 Å². The van der Waals surface area contributed by atoms with E-state index in [0.29, 0.717) is 17.5 Å². The number of furan rings is 1. The highest BCUT2D eigenvalue weighted by Crippen LogP contribution is 2.30. The first-order valence-electron chi connectivity index (χ1n) is 9.86. The van der Waals surface area contributed by atoms with E-state index >= 15 is 0 Å². The minimum absolute atomic E-state index is 0.0762. The average molecular weight is 471 g/mol. The molecule has 1 atom stereocenters. The molecule has 2 aromatic heterocycles. The Bertz CT molecular complexity index is 1240. The molecule has 0 aliphatic carbocycles. The lowest BCUT2D eigenvalue weighted by Crippen LogP contribution is -2.23. The summed E-state index contributed by atoms with van der Waals surface area (Å²) < 4.78 is 21.5. The van der Waals surface area contributed by atoms with E-state index in [0.717, 1.165) is 23.0 Å². The maximum absolute atomic E-state index is 14.1. The Morgan fingerprint density at radius 2 is 2.00 bits per heavy atom. The van der Waals surface area contributed by atoms with Gasteiger partial charge in [-0.1, -0.05) is 53.7 Å². The molecule has 2 aromatic carbocycles. The zero-order valence-corrected chi connectivity index (χ0v) is 19.0. The van der Waals surface area contributed by atoms with E-state index in [2.05, 4.69) is 15.5 Å². The summed E-state index contributed by atoms with van der Waals surface area (Å²) in [4.78, 5) is 12.7. The van der Waals surface area contributed by atoms with E-state index in [1.165, 1.54) is 23.9 Å². The van der Waals surface area contributed by atoms with Gasteiger partial charge in [0.05, 0.1) is 29.3 Å². The average Bonchev–Trinajstić information content (AvgIpc) is 3.36. The quantitative estimate of drug-likeness (QED) is 0.345. The Labute approximate surface area is 193 Å². The van der Waals surface area contributed by atoms with Crippen LogP contribution in [0.15, 0.2) is 70.4 Å². The molecule has 0 bridgehead atoms. The summed E-state index contributed by atoms with van der Waals surface area (Å²) in [7, 11) is 0. The molecule has 0 spiro atoms. The van der Waals surface area contributed by atoms with Crippen molar-refractivity contribution in [1.82, 2.24) is 14.8 Å².